The summed E-state index contributed by atoms with van der Waals surface area (Å²) >= 11 is 0. The molecule has 17 heavy (non-hydrogen) atoms. The first-order valence-corrected chi connectivity index (χ1v) is 7.55. The molecular weight excluding hydrogens is 208 g/mol. The molecule has 100 valence electrons. The number of rotatable bonds is 5. The van der Waals surface area contributed by atoms with Gasteiger partial charge in [-0.1, -0.05) is 26.7 Å². The van der Waals surface area contributed by atoms with Gasteiger partial charge in [-0.15, -0.1) is 0 Å². The molecule has 2 aliphatic rings. The van der Waals surface area contributed by atoms with Gasteiger partial charge in [-0.2, -0.15) is 0 Å². The predicted octanol–water partition coefficient (Wildman–Crippen LogP) is 2.89. The van der Waals surface area contributed by atoms with Crippen molar-refractivity contribution in [3.05, 3.63) is 0 Å². The number of hydrogen-bond donors (Lipinski definition) is 1. The van der Waals surface area contributed by atoms with E-state index < -0.39 is 0 Å². The van der Waals surface area contributed by atoms with E-state index in [1.165, 1.54) is 58.2 Å². The first-order chi connectivity index (χ1) is 8.17. The molecular formula is C15H30N2. The molecule has 1 heterocycles. The molecule has 0 spiro atoms. The van der Waals surface area contributed by atoms with E-state index in [9.17, 15) is 0 Å². The van der Waals surface area contributed by atoms with E-state index >= 15 is 0 Å². The molecule has 0 amide bonds. The van der Waals surface area contributed by atoms with Gasteiger partial charge in [0, 0.05) is 19.1 Å². The summed E-state index contributed by atoms with van der Waals surface area (Å²) in [6.07, 6.45) is 8.61. The van der Waals surface area contributed by atoms with Crippen LogP contribution >= 0.6 is 0 Å². The second-order valence-corrected chi connectivity index (χ2v) is 6.66. The normalized spacial score (nSPS) is 29.3. The first kappa shape index (κ1) is 13.4. The van der Waals surface area contributed by atoms with Gasteiger partial charge >= 0.3 is 0 Å². The maximum Gasteiger partial charge on any atom is 0.0119 e. The van der Waals surface area contributed by atoms with Crippen molar-refractivity contribution in [2.75, 3.05) is 26.7 Å². The van der Waals surface area contributed by atoms with Crippen molar-refractivity contribution in [1.82, 2.24) is 10.2 Å². The molecule has 0 radical (unpaired) electrons. The standard InChI is InChI=1S/C15H30N2/c1-13(2)14-7-6-10-17(14)12-15(11-16-3)8-4-5-9-15/h13-14,16H,4-12H2,1-3H3. The van der Waals surface area contributed by atoms with Gasteiger partial charge in [0.15, 0.2) is 0 Å². The first-order valence-electron chi connectivity index (χ1n) is 7.55. The lowest BCUT2D eigenvalue weighted by molar-refractivity contribution is 0.119. The van der Waals surface area contributed by atoms with E-state index in [4.69, 9.17) is 0 Å². The van der Waals surface area contributed by atoms with E-state index in [1.54, 1.807) is 0 Å². The average Bonchev–Trinajstić information content (AvgIpc) is 2.89. The summed E-state index contributed by atoms with van der Waals surface area (Å²) in [6, 6.07) is 0.851. The van der Waals surface area contributed by atoms with E-state index in [2.05, 4.69) is 31.1 Å². The lowest BCUT2D eigenvalue weighted by atomic mass is 9.84. The van der Waals surface area contributed by atoms with Gasteiger partial charge < -0.3 is 5.32 Å². The highest BCUT2D eigenvalue weighted by molar-refractivity contribution is 4.93. The fourth-order valence-corrected chi connectivity index (χ4v) is 4.12. The van der Waals surface area contributed by atoms with Crippen LogP contribution in [0.1, 0.15) is 52.4 Å². The Morgan fingerprint density at radius 3 is 2.53 bits per heavy atom. The Bertz CT molecular complexity index is 231. The Hall–Kier alpha value is -0.0800. The fourth-order valence-electron chi connectivity index (χ4n) is 4.12. The Morgan fingerprint density at radius 1 is 1.24 bits per heavy atom. The third-order valence-electron chi connectivity index (χ3n) is 4.94. The van der Waals surface area contributed by atoms with Crippen molar-refractivity contribution < 1.29 is 0 Å². The minimum Gasteiger partial charge on any atom is -0.319 e. The maximum absolute atomic E-state index is 3.44. The van der Waals surface area contributed by atoms with Crippen LogP contribution in [0.15, 0.2) is 0 Å². The highest BCUT2D eigenvalue weighted by atomic mass is 15.2. The van der Waals surface area contributed by atoms with Gasteiger partial charge in [0.2, 0.25) is 0 Å². The molecule has 1 atom stereocenters. The zero-order chi connectivity index (χ0) is 12.3. The van der Waals surface area contributed by atoms with Crippen LogP contribution in [0.5, 0.6) is 0 Å². The molecule has 1 aliphatic carbocycles. The molecule has 2 fully saturated rings. The molecule has 2 nitrogen and oxygen atoms in total. The van der Waals surface area contributed by atoms with Crippen molar-refractivity contribution in [3.63, 3.8) is 0 Å². The van der Waals surface area contributed by atoms with Crippen LogP contribution in [0.25, 0.3) is 0 Å². The smallest absolute Gasteiger partial charge is 0.0119 e. The van der Waals surface area contributed by atoms with Crippen molar-refractivity contribution in [2.45, 2.75) is 58.4 Å². The second kappa shape index (κ2) is 5.71. The Balaban J connectivity index is 1.97. The number of hydrogen-bond acceptors (Lipinski definition) is 2. The van der Waals surface area contributed by atoms with Crippen molar-refractivity contribution in [1.29, 1.82) is 0 Å². The molecule has 1 saturated heterocycles. The zero-order valence-corrected chi connectivity index (χ0v) is 12.0. The van der Waals surface area contributed by atoms with E-state index in [0.29, 0.717) is 5.41 Å². The number of nitrogens with one attached hydrogen (secondary N) is 1. The summed E-state index contributed by atoms with van der Waals surface area (Å²) in [4.78, 5) is 2.80. The van der Waals surface area contributed by atoms with Crippen molar-refractivity contribution >= 4 is 0 Å². The van der Waals surface area contributed by atoms with E-state index in [0.717, 1.165) is 12.0 Å². The summed E-state index contributed by atoms with van der Waals surface area (Å²) in [5.41, 5.74) is 0.590. The lowest BCUT2D eigenvalue weighted by Gasteiger charge is -2.37. The summed E-state index contributed by atoms with van der Waals surface area (Å²) < 4.78 is 0. The number of nitrogens with zero attached hydrogens (tertiary/aromatic N) is 1. The monoisotopic (exact) mass is 238 g/mol. The van der Waals surface area contributed by atoms with Crippen LogP contribution in [0.2, 0.25) is 0 Å². The molecule has 0 bridgehead atoms. The Morgan fingerprint density at radius 2 is 1.94 bits per heavy atom. The molecule has 0 aromatic rings. The van der Waals surface area contributed by atoms with Gasteiger partial charge in [-0.3, -0.25) is 4.90 Å². The lowest BCUT2D eigenvalue weighted by Crippen LogP contribution is -2.45. The van der Waals surface area contributed by atoms with Gasteiger partial charge in [0.1, 0.15) is 0 Å². The van der Waals surface area contributed by atoms with Crippen LogP contribution in [0.4, 0.5) is 0 Å². The average molecular weight is 238 g/mol. The summed E-state index contributed by atoms with van der Waals surface area (Å²) in [5.74, 6) is 0.825. The Kier molecular flexibility index (Phi) is 4.48. The third kappa shape index (κ3) is 3.03. The third-order valence-corrected chi connectivity index (χ3v) is 4.94. The van der Waals surface area contributed by atoms with Crippen LogP contribution in [0, 0.1) is 11.3 Å². The van der Waals surface area contributed by atoms with E-state index in [-0.39, 0.29) is 0 Å². The van der Waals surface area contributed by atoms with Crippen LogP contribution < -0.4 is 5.32 Å². The molecule has 2 heteroatoms. The minimum atomic E-state index is 0.590. The molecule has 1 unspecified atom stereocenters. The second-order valence-electron chi connectivity index (χ2n) is 6.66. The Labute approximate surface area is 107 Å². The largest absolute Gasteiger partial charge is 0.319 e. The topological polar surface area (TPSA) is 15.3 Å². The summed E-state index contributed by atoms with van der Waals surface area (Å²) in [5, 5.41) is 3.44. The summed E-state index contributed by atoms with van der Waals surface area (Å²) in [6.45, 7) is 8.68. The van der Waals surface area contributed by atoms with E-state index in [1.807, 2.05) is 0 Å². The zero-order valence-electron chi connectivity index (χ0n) is 12.0. The van der Waals surface area contributed by atoms with Crippen molar-refractivity contribution in [2.24, 2.45) is 11.3 Å². The van der Waals surface area contributed by atoms with Crippen LogP contribution in [-0.2, 0) is 0 Å². The predicted molar refractivity (Wildman–Crippen MR) is 74.3 cm³/mol. The molecule has 1 aliphatic heterocycles. The van der Waals surface area contributed by atoms with Crippen LogP contribution in [-0.4, -0.2) is 37.6 Å². The molecule has 1 N–H and O–H groups in total. The SMILES string of the molecule is CNCC1(CN2CCCC2C(C)C)CCCC1. The molecule has 0 aromatic heterocycles. The highest BCUT2D eigenvalue weighted by Gasteiger charge is 2.38. The molecule has 0 aromatic carbocycles. The number of likely N-dealkylation sites (tertiary alicyclic amines) is 1. The van der Waals surface area contributed by atoms with Crippen LogP contribution in [0.3, 0.4) is 0 Å². The van der Waals surface area contributed by atoms with Gasteiger partial charge in [0.25, 0.3) is 0 Å². The van der Waals surface area contributed by atoms with Gasteiger partial charge in [0.05, 0.1) is 0 Å². The fraction of sp³-hybridized carbons (Fsp3) is 1.00. The van der Waals surface area contributed by atoms with Gasteiger partial charge in [-0.05, 0) is 50.6 Å². The molecule has 1 saturated carbocycles. The summed E-state index contributed by atoms with van der Waals surface area (Å²) in [7, 11) is 2.12. The van der Waals surface area contributed by atoms with Crippen molar-refractivity contribution in [3.8, 4) is 0 Å². The minimum absolute atomic E-state index is 0.590. The van der Waals surface area contributed by atoms with Gasteiger partial charge in [-0.25, -0.2) is 0 Å². The molecule has 2 rings (SSSR count). The highest BCUT2D eigenvalue weighted by Crippen LogP contribution is 2.40. The maximum atomic E-state index is 3.44. The quantitative estimate of drug-likeness (QED) is 0.792.